The van der Waals surface area contributed by atoms with E-state index in [0.717, 1.165) is 44.5 Å². The number of hydrogen-bond acceptors (Lipinski definition) is 4. The van der Waals surface area contributed by atoms with Crippen molar-refractivity contribution in [1.29, 1.82) is 21.0 Å². The molecule has 15 aromatic carbocycles. The van der Waals surface area contributed by atoms with Crippen LogP contribution in [-0.4, -0.2) is 9.13 Å². The lowest BCUT2D eigenvalue weighted by Gasteiger charge is -2.23. The molecule has 2 aromatic heterocycles. The van der Waals surface area contributed by atoms with Gasteiger partial charge in [0.05, 0.1) is 80.9 Å². The van der Waals surface area contributed by atoms with E-state index in [2.05, 4.69) is 364 Å². The molecule has 0 unspecified atom stereocenters. The van der Waals surface area contributed by atoms with Crippen LogP contribution in [0.4, 0.5) is 0 Å². The second-order valence-electron chi connectivity index (χ2n) is 40.4. The molecule has 0 saturated carbocycles. The van der Waals surface area contributed by atoms with E-state index in [0.29, 0.717) is 22.3 Å². The van der Waals surface area contributed by atoms with Crippen molar-refractivity contribution in [2.45, 2.75) is 190 Å². The average Bonchev–Trinajstić information content (AvgIpc) is 1.58. The van der Waals surface area contributed by atoms with E-state index in [1.165, 1.54) is 101 Å². The third kappa shape index (κ3) is 25.1. The molecule has 0 fully saturated rings. The normalized spacial score (nSPS) is 12.3. The Morgan fingerprint density at radius 3 is 0.962 bits per heavy atom. The first-order valence-electron chi connectivity index (χ1n) is 49.5. The SMILES string of the molecule is C#Cc1cc(C#N)cc(C(C)(C)C)c1.C#Cc1cccc(C#N)c1C(C)(C)C.CC(C)(C)c1cc(-c2ccccc2)cc(-c2ccccc2)c1.CC(C)(C)c1cc(-n2c3ccccc3c3ccccc32)cc(-n2c3ccccc3c3ccccc32)c1.CC(C)(C)c1ccc(C#N)cc1.CC(C)(C)c1ccccc1C#N.[2H]c1c([2H])c([2H])c(-c2cc(-c3c([2H])c([2H])c(C)c([2H])c3[2H])cc(C(C)(C)C)c2)c([2H])c1[2H]. The van der Waals surface area contributed by atoms with Crippen LogP contribution in [0.15, 0.2) is 352 Å². The minimum absolute atomic E-state index is 0.00226. The van der Waals surface area contributed by atoms with Gasteiger partial charge in [0.1, 0.15) is 0 Å². The smallest absolute Gasteiger partial charge is 0.0995 e. The predicted octanol–water partition coefficient (Wildman–Crippen LogP) is 33.5. The Balaban J connectivity index is 0.000000166. The van der Waals surface area contributed by atoms with Crippen molar-refractivity contribution in [1.82, 2.24) is 9.13 Å². The van der Waals surface area contributed by atoms with Gasteiger partial charge in [-0.1, -0.05) is 411 Å². The Morgan fingerprint density at radius 2 is 0.594 bits per heavy atom. The van der Waals surface area contributed by atoms with Crippen molar-refractivity contribution in [2.24, 2.45) is 0 Å². The molecule has 664 valence electrons. The average molecular weight is 1750 g/mol. The first-order chi connectivity index (χ1) is 66.8. The highest BCUT2D eigenvalue weighted by Crippen LogP contribution is 2.41. The minimum atomic E-state index is -0.478. The highest BCUT2D eigenvalue weighted by atomic mass is 15.0. The maximum absolute atomic E-state index is 8.98. The molecule has 0 saturated heterocycles. The number of fused-ring (bicyclic) bond motifs is 6. The Labute approximate surface area is 805 Å². The summed E-state index contributed by atoms with van der Waals surface area (Å²) >= 11 is 0. The van der Waals surface area contributed by atoms with Gasteiger partial charge in [0, 0.05) is 44.0 Å². The van der Waals surface area contributed by atoms with Gasteiger partial charge in [0.25, 0.3) is 0 Å². The molecule has 0 bridgehead atoms. The molecule has 0 atom stereocenters. The first-order valence-corrected chi connectivity index (χ1v) is 45.0. The maximum atomic E-state index is 8.98. The molecule has 0 spiro atoms. The van der Waals surface area contributed by atoms with E-state index in [-0.39, 0.29) is 90.8 Å². The van der Waals surface area contributed by atoms with Crippen LogP contribution in [0.2, 0.25) is 0 Å². The number of hydrogen-bond donors (Lipinski definition) is 0. The van der Waals surface area contributed by atoms with Gasteiger partial charge in [-0.05, 0) is 231 Å². The van der Waals surface area contributed by atoms with Crippen molar-refractivity contribution in [3.8, 4) is 105 Å². The molecule has 0 aliphatic carbocycles. The van der Waals surface area contributed by atoms with Gasteiger partial charge in [-0.3, -0.25) is 0 Å². The minimum Gasteiger partial charge on any atom is -0.309 e. The van der Waals surface area contributed by atoms with Crippen LogP contribution in [0, 0.1) is 76.9 Å². The molecule has 6 nitrogen and oxygen atoms in total. The van der Waals surface area contributed by atoms with E-state index in [4.69, 9.17) is 46.2 Å². The zero-order chi connectivity index (χ0) is 104. The van der Waals surface area contributed by atoms with E-state index in [1.807, 2.05) is 93.6 Å². The molecule has 0 aliphatic heterocycles. The Kier molecular flexibility index (Phi) is 27.3. The zero-order valence-corrected chi connectivity index (χ0v) is 81.1. The van der Waals surface area contributed by atoms with Gasteiger partial charge in [-0.2, -0.15) is 21.0 Å². The summed E-state index contributed by atoms with van der Waals surface area (Å²) < 4.78 is 78.7. The molecule has 17 rings (SSSR count). The lowest BCUT2D eigenvalue weighted by molar-refractivity contribution is 0.587. The van der Waals surface area contributed by atoms with E-state index < -0.39 is 18.1 Å². The van der Waals surface area contributed by atoms with Crippen LogP contribution in [0.1, 0.15) is 236 Å². The van der Waals surface area contributed by atoms with Gasteiger partial charge < -0.3 is 9.13 Å². The number of terminal acetylenes is 2. The van der Waals surface area contributed by atoms with Crippen LogP contribution in [0.3, 0.4) is 0 Å². The molecule has 6 heteroatoms. The fraction of sp³-hybridized carbons (Fsp3) is 0.228. The monoisotopic (exact) mass is 1740 g/mol. The first kappa shape index (κ1) is 86.0. The summed E-state index contributed by atoms with van der Waals surface area (Å²) in [5, 5.41) is 40.4. The van der Waals surface area contributed by atoms with Crippen molar-refractivity contribution in [3.63, 3.8) is 0 Å². The van der Waals surface area contributed by atoms with E-state index in [9.17, 15) is 0 Å². The van der Waals surface area contributed by atoms with Crippen LogP contribution in [-0.2, 0) is 37.9 Å². The highest BCUT2D eigenvalue weighted by Gasteiger charge is 2.26. The summed E-state index contributed by atoms with van der Waals surface area (Å²) in [6, 6.07) is 108. The Hall–Kier alpha value is -15.0. The van der Waals surface area contributed by atoms with Crippen LogP contribution in [0.25, 0.3) is 99.5 Å². The summed E-state index contributed by atoms with van der Waals surface area (Å²) in [6.07, 6.45) is 10.7. The maximum Gasteiger partial charge on any atom is 0.0995 e. The third-order valence-electron chi connectivity index (χ3n) is 23.0. The predicted molar refractivity (Wildman–Crippen MR) is 566 cm³/mol. The van der Waals surface area contributed by atoms with E-state index in [1.54, 1.807) is 30.3 Å². The number of para-hydroxylation sites is 4. The topological polar surface area (TPSA) is 105 Å². The van der Waals surface area contributed by atoms with Crippen LogP contribution in [0.5, 0.6) is 0 Å². The van der Waals surface area contributed by atoms with Gasteiger partial charge in [-0.15, -0.1) is 12.8 Å². The molecule has 2 heterocycles. The van der Waals surface area contributed by atoms with Crippen molar-refractivity contribution in [2.75, 3.05) is 0 Å². The number of aromatic nitrogens is 2. The number of rotatable bonds is 6. The molecule has 0 amide bonds. The molecule has 0 N–H and O–H groups in total. The number of benzene rings is 15. The Bertz CT molecular complexity index is 7290. The summed E-state index contributed by atoms with van der Waals surface area (Å²) in [7, 11) is 0. The molecule has 0 radical (unpaired) electrons. The lowest BCUT2D eigenvalue weighted by Crippen LogP contribution is -2.15. The molecule has 133 heavy (non-hydrogen) atoms. The van der Waals surface area contributed by atoms with Crippen molar-refractivity contribution < 1.29 is 12.3 Å². The van der Waals surface area contributed by atoms with Gasteiger partial charge in [-0.25, -0.2) is 0 Å². The standard InChI is InChI=1S/C34H28N2.C23H24.C22H22.2C13H13N.2C11H13N/c1-34(2,3)23-20-24(35-30-16-8-4-12-26(30)27-13-5-9-17-31(27)35)22-25(21-23)36-32-18-10-6-14-28(32)29-15-7-11-19-33(29)36;1-17-10-12-19(13-11-17)21-14-20(18-8-6-5-7-9-18)15-22(16-21)23(2,3)4;1-22(2,3)21-15-19(17-10-6-4-7-11-17)14-20(16-21)18-12-8-5-9-13-18;1-5-10-6-11(9-14)8-12(7-10)13(2,3)4;1-5-10-7-6-8-11(9-14)12(10)13(2,3)4;1-11(2,3)10-6-4-9(8-12)5-7-10;1-11(2,3)10-7-5-4-6-9(10)8-12/h4-22H,1-3H3;5-16H,1-4H3;4-16H,1-3H3;2*1,6-8H,2-4H3;2*4-7H,1-3H3/i;5D,6D,7D,8D,9D,10D,11D,12D,13D;;;;;. The third-order valence-corrected chi connectivity index (χ3v) is 23.0. The second kappa shape index (κ2) is 42.3. The van der Waals surface area contributed by atoms with E-state index >= 15 is 0 Å². The van der Waals surface area contributed by atoms with Gasteiger partial charge in [0.15, 0.2) is 0 Å². The van der Waals surface area contributed by atoms with Crippen molar-refractivity contribution >= 4 is 43.6 Å². The molecular weight excluding hydrogens is 1610 g/mol. The zero-order valence-electron chi connectivity index (χ0n) is 90.1. The summed E-state index contributed by atoms with van der Waals surface area (Å²) in [4.78, 5) is 0. The highest BCUT2D eigenvalue weighted by molar-refractivity contribution is 6.10. The number of nitriles is 4. The fourth-order valence-electron chi connectivity index (χ4n) is 15.7. The lowest BCUT2D eigenvalue weighted by atomic mass is 9.81. The molecule has 0 aliphatic rings. The molecule has 17 aromatic rings. The van der Waals surface area contributed by atoms with Gasteiger partial charge >= 0.3 is 0 Å². The van der Waals surface area contributed by atoms with Crippen molar-refractivity contribution in [3.05, 3.63) is 430 Å². The quantitative estimate of drug-likeness (QED) is 0.155. The number of nitrogens with zero attached hydrogens (tertiary/aromatic N) is 6. The molecular formula is C127H126N6. The fourth-order valence-corrected chi connectivity index (χ4v) is 15.7. The Morgan fingerprint density at radius 1 is 0.248 bits per heavy atom. The summed E-state index contributed by atoms with van der Waals surface area (Å²) in [5.41, 5.74) is 25.8. The van der Waals surface area contributed by atoms with Crippen LogP contribution >= 0.6 is 0 Å². The summed E-state index contributed by atoms with van der Waals surface area (Å²) in [5.74, 6) is 5.19. The van der Waals surface area contributed by atoms with Crippen LogP contribution < -0.4 is 0 Å². The largest absolute Gasteiger partial charge is 0.309 e. The second-order valence-corrected chi connectivity index (χ2v) is 40.4. The van der Waals surface area contributed by atoms with Gasteiger partial charge in [0.2, 0.25) is 0 Å². The summed E-state index contributed by atoms with van der Waals surface area (Å²) in [6.45, 7) is 46.4.